The molecule has 2 nitrogen and oxygen atoms in total. The molecule has 1 atom stereocenters. The maximum Gasteiger partial charge on any atom is 0.120 e. The zero-order valence-corrected chi connectivity index (χ0v) is 13.3. The van der Waals surface area contributed by atoms with E-state index in [2.05, 4.69) is 65.1 Å². The molecule has 0 heterocycles. The van der Waals surface area contributed by atoms with E-state index in [1.165, 1.54) is 5.56 Å². The Morgan fingerprint density at radius 3 is 2.42 bits per heavy atom. The molecule has 0 bridgehead atoms. The lowest BCUT2D eigenvalue weighted by molar-refractivity contribution is 0.139. The van der Waals surface area contributed by atoms with Crippen molar-refractivity contribution in [3.8, 4) is 5.75 Å². The van der Waals surface area contributed by atoms with Crippen LogP contribution in [0.1, 0.15) is 47.1 Å². The standard InChI is InChI=1S/C17H29NO/c1-7-14-9-8-10-15(11-14)19-16(13(2)3)12-18-17(4,5)6/h8-11,13,16,18H,7,12H2,1-6H3. The van der Waals surface area contributed by atoms with Gasteiger partial charge in [0.1, 0.15) is 11.9 Å². The minimum absolute atomic E-state index is 0.127. The van der Waals surface area contributed by atoms with Gasteiger partial charge in [-0.25, -0.2) is 0 Å². The van der Waals surface area contributed by atoms with E-state index in [1.807, 2.05) is 6.07 Å². The quantitative estimate of drug-likeness (QED) is 0.836. The number of hydrogen-bond acceptors (Lipinski definition) is 2. The first-order valence-corrected chi connectivity index (χ1v) is 7.32. The maximum atomic E-state index is 6.15. The molecule has 1 rings (SSSR count). The van der Waals surface area contributed by atoms with E-state index >= 15 is 0 Å². The number of benzene rings is 1. The van der Waals surface area contributed by atoms with Gasteiger partial charge in [-0.15, -0.1) is 0 Å². The topological polar surface area (TPSA) is 21.3 Å². The third-order valence-electron chi connectivity index (χ3n) is 3.17. The predicted octanol–water partition coefficient (Wildman–Crippen LogP) is 4.04. The Morgan fingerprint density at radius 1 is 1.21 bits per heavy atom. The Labute approximate surface area is 118 Å². The second-order valence-electron chi connectivity index (χ2n) is 6.53. The molecule has 1 aromatic carbocycles. The average molecular weight is 263 g/mol. The summed E-state index contributed by atoms with van der Waals surface area (Å²) in [5.74, 6) is 1.47. The van der Waals surface area contributed by atoms with Crippen molar-refractivity contribution in [2.24, 2.45) is 5.92 Å². The molecule has 0 amide bonds. The Hall–Kier alpha value is -1.02. The summed E-state index contributed by atoms with van der Waals surface area (Å²) in [6, 6.07) is 8.41. The summed E-state index contributed by atoms with van der Waals surface area (Å²) in [5.41, 5.74) is 1.45. The monoisotopic (exact) mass is 263 g/mol. The fourth-order valence-corrected chi connectivity index (χ4v) is 1.83. The summed E-state index contributed by atoms with van der Waals surface area (Å²) in [6.07, 6.45) is 1.25. The van der Waals surface area contributed by atoms with Crippen molar-refractivity contribution in [1.82, 2.24) is 5.32 Å². The van der Waals surface area contributed by atoms with Crippen LogP contribution in [-0.2, 0) is 6.42 Å². The first kappa shape index (κ1) is 16.0. The van der Waals surface area contributed by atoms with Gasteiger partial charge in [0.25, 0.3) is 0 Å². The molecule has 1 unspecified atom stereocenters. The van der Waals surface area contributed by atoms with E-state index in [1.54, 1.807) is 0 Å². The highest BCUT2D eigenvalue weighted by molar-refractivity contribution is 5.28. The van der Waals surface area contributed by atoms with Gasteiger partial charge >= 0.3 is 0 Å². The zero-order valence-electron chi connectivity index (χ0n) is 13.3. The molecule has 0 aromatic heterocycles. The molecule has 0 spiro atoms. The van der Waals surface area contributed by atoms with E-state index in [0.29, 0.717) is 5.92 Å². The van der Waals surface area contributed by atoms with Crippen molar-refractivity contribution in [2.75, 3.05) is 6.54 Å². The van der Waals surface area contributed by atoms with Crippen LogP contribution in [0.4, 0.5) is 0 Å². The van der Waals surface area contributed by atoms with Crippen LogP contribution in [0.25, 0.3) is 0 Å². The normalized spacial score (nSPS) is 13.6. The number of rotatable bonds is 6. The smallest absolute Gasteiger partial charge is 0.120 e. The summed E-state index contributed by atoms with van der Waals surface area (Å²) < 4.78 is 6.15. The summed E-state index contributed by atoms with van der Waals surface area (Å²) in [5, 5.41) is 3.53. The van der Waals surface area contributed by atoms with E-state index in [4.69, 9.17) is 4.74 Å². The maximum absolute atomic E-state index is 6.15. The highest BCUT2D eigenvalue weighted by Crippen LogP contribution is 2.18. The molecule has 2 heteroatoms. The molecule has 0 fully saturated rings. The molecule has 19 heavy (non-hydrogen) atoms. The summed E-state index contributed by atoms with van der Waals surface area (Å²) in [7, 11) is 0. The molecular weight excluding hydrogens is 234 g/mol. The van der Waals surface area contributed by atoms with Crippen molar-refractivity contribution in [3.63, 3.8) is 0 Å². The third kappa shape index (κ3) is 6.11. The molecule has 0 aliphatic rings. The Morgan fingerprint density at radius 2 is 1.89 bits per heavy atom. The van der Waals surface area contributed by atoms with Gasteiger partial charge in [-0.3, -0.25) is 0 Å². The molecular formula is C17H29NO. The lowest BCUT2D eigenvalue weighted by Gasteiger charge is -2.28. The zero-order chi connectivity index (χ0) is 14.5. The van der Waals surface area contributed by atoms with Crippen LogP contribution < -0.4 is 10.1 Å². The number of hydrogen-bond donors (Lipinski definition) is 1. The van der Waals surface area contributed by atoms with Crippen LogP contribution in [0.15, 0.2) is 24.3 Å². The van der Waals surface area contributed by atoms with Crippen LogP contribution in [-0.4, -0.2) is 18.2 Å². The highest BCUT2D eigenvalue weighted by atomic mass is 16.5. The van der Waals surface area contributed by atoms with E-state index < -0.39 is 0 Å². The molecule has 0 aliphatic heterocycles. The van der Waals surface area contributed by atoms with Gasteiger partial charge in [0, 0.05) is 12.1 Å². The van der Waals surface area contributed by atoms with Crippen LogP contribution in [0.3, 0.4) is 0 Å². The van der Waals surface area contributed by atoms with E-state index in [0.717, 1.165) is 18.7 Å². The van der Waals surface area contributed by atoms with Crippen LogP contribution in [0.5, 0.6) is 5.75 Å². The number of nitrogens with one attached hydrogen (secondary N) is 1. The summed E-state index contributed by atoms with van der Waals surface area (Å²) in [4.78, 5) is 0. The second kappa shape index (κ2) is 6.95. The van der Waals surface area contributed by atoms with Crippen LogP contribution in [0.2, 0.25) is 0 Å². The van der Waals surface area contributed by atoms with Crippen molar-refractivity contribution >= 4 is 0 Å². The third-order valence-corrected chi connectivity index (χ3v) is 3.17. The van der Waals surface area contributed by atoms with Crippen molar-refractivity contribution < 1.29 is 4.74 Å². The predicted molar refractivity (Wildman–Crippen MR) is 82.8 cm³/mol. The van der Waals surface area contributed by atoms with Gasteiger partial charge in [0.2, 0.25) is 0 Å². The largest absolute Gasteiger partial charge is 0.489 e. The van der Waals surface area contributed by atoms with E-state index in [9.17, 15) is 0 Å². The van der Waals surface area contributed by atoms with Crippen LogP contribution >= 0.6 is 0 Å². The van der Waals surface area contributed by atoms with Crippen molar-refractivity contribution in [1.29, 1.82) is 0 Å². The molecule has 0 saturated carbocycles. The lowest BCUT2D eigenvalue weighted by Crippen LogP contribution is -2.44. The molecule has 0 radical (unpaired) electrons. The van der Waals surface area contributed by atoms with Crippen molar-refractivity contribution in [2.45, 2.75) is 59.6 Å². The molecule has 1 aromatic rings. The van der Waals surface area contributed by atoms with Gasteiger partial charge in [-0.2, -0.15) is 0 Å². The minimum Gasteiger partial charge on any atom is -0.489 e. The SMILES string of the molecule is CCc1cccc(OC(CNC(C)(C)C)C(C)C)c1. The molecule has 0 aliphatic carbocycles. The van der Waals surface area contributed by atoms with Crippen molar-refractivity contribution in [3.05, 3.63) is 29.8 Å². The molecule has 0 saturated heterocycles. The lowest BCUT2D eigenvalue weighted by atomic mass is 10.0. The Bertz CT molecular complexity index is 379. The van der Waals surface area contributed by atoms with Gasteiger partial charge in [-0.05, 0) is 50.8 Å². The number of ether oxygens (including phenoxy) is 1. The second-order valence-corrected chi connectivity index (χ2v) is 6.53. The number of aryl methyl sites for hydroxylation is 1. The summed E-state index contributed by atoms with van der Waals surface area (Å²) in [6.45, 7) is 14.0. The fourth-order valence-electron chi connectivity index (χ4n) is 1.83. The van der Waals surface area contributed by atoms with Crippen LogP contribution in [0, 0.1) is 5.92 Å². The average Bonchev–Trinajstić information content (AvgIpc) is 2.33. The molecule has 1 N–H and O–H groups in total. The van der Waals surface area contributed by atoms with Gasteiger partial charge in [-0.1, -0.05) is 32.9 Å². The Kier molecular flexibility index (Phi) is 5.86. The first-order chi connectivity index (χ1) is 8.81. The fraction of sp³-hybridized carbons (Fsp3) is 0.647. The highest BCUT2D eigenvalue weighted by Gasteiger charge is 2.18. The van der Waals surface area contributed by atoms with Gasteiger partial charge in [0.05, 0.1) is 0 Å². The minimum atomic E-state index is 0.127. The van der Waals surface area contributed by atoms with Gasteiger partial charge < -0.3 is 10.1 Å². The Balaban J connectivity index is 2.67. The molecule has 108 valence electrons. The van der Waals surface area contributed by atoms with Gasteiger partial charge in [0.15, 0.2) is 0 Å². The first-order valence-electron chi connectivity index (χ1n) is 7.32. The summed E-state index contributed by atoms with van der Waals surface area (Å²) >= 11 is 0. The van der Waals surface area contributed by atoms with E-state index in [-0.39, 0.29) is 11.6 Å².